The summed E-state index contributed by atoms with van der Waals surface area (Å²) in [6, 6.07) is 17.2. The minimum Gasteiger partial charge on any atom is -0.454 e. The quantitative estimate of drug-likeness (QED) is 0.324. The van der Waals surface area contributed by atoms with Crippen LogP contribution >= 0.6 is 11.3 Å². The first kappa shape index (κ1) is 22.2. The fourth-order valence-corrected chi connectivity index (χ4v) is 4.24. The van der Waals surface area contributed by atoms with E-state index in [9.17, 15) is 19.2 Å². The van der Waals surface area contributed by atoms with Crippen LogP contribution in [0.4, 0.5) is 4.79 Å². The van der Waals surface area contributed by atoms with Gasteiger partial charge >= 0.3 is 12.0 Å². The molecule has 0 atom stereocenters. The summed E-state index contributed by atoms with van der Waals surface area (Å²) in [5.41, 5.74) is 1.07. The van der Waals surface area contributed by atoms with Crippen molar-refractivity contribution in [1.29, 1.82) is 0 Å². The number of rotatable bonds is 7. The van der Waals surface area contributed by atoms with Crippen molar-refractivity contribution in [2.45, 2.75) is 13.0 Å². The molecule has 0 unspecified atom stereocenters. The summed E-state index contributed by atoms with van der Waals surface area (Å²) in [6.45, 7) is -0.402. The Morgan fingerprint density at radius 1 is 0.909 bits per heavy atom. The SMILES string of the molecule is O=C(COC(=O)Cn1c2ccccc2c(=O)c2ccccc21)NC(=O)NCCc1cccs1. The Kier molecular flexibility index (Phi) is 6.80. The normalized spacial score (nSPS) is 10.8. The number of hydrogen-bond donors (Lipinski definition) is 2. The molecule has 2 heterocycles. The Labute approximate surface area is 192 Å². The van der Waals surface area contributed by atoms with E-state index < -0.39 is 24.5 Å². The number of benzene rings is 2. The molecule has 168 valence electrons. The molecule has 4 aromatic rings. The molecule has 0 aliphatic heterocycles. The van der Waals surface area contributed by atoms with Crippen LogP contribution < -0.4 is 16.1 Å². The Morgan fingerprint density at radius 3 is 2.21 bits per heavy atom. The lowest BCUT2D eigenvalue weighted by Gasteiger charge is -2.14. The topological polar surface area (TPSA) is 106 Å². The highest BCUT2D eigenvalue weighted by Crippen LogP contribution is 2.19. The molecule has 0 aliphatic rings. The zero-order valence-corrected chi connectivity index (χ0v) is 18.4. The second-order valence-electron chi connectivity index (χ2n) is 7.24. The number of urea groups is 1. The van der Waals surface area contributed by atoms with Crippen LogP contribution in [0.3, 0.4) is 0 Å². The monoisotopic (exact) mass is 463 g/mol. The second-order valence-corrected chi connectivity index (χ2v) is 8.28. The summed E-state index contributed by atoms with van der Waals surface area (Å²) in [5.74, 6) is -1.39. The smallest absolute Gasteiger partial charge is 0.326 e. The number of hydrogen-bond acceptors (Lipinski definition) is 6. The molecule has 0 radical (unpaired) electrons. The van der Waals surface area contributed by atoms with Crippen LogP contribution in [-0.4, -0.2) is 35.6 Å². The Morgan fingerprint density at radius 2 is 1.58 bits per heavy atom. The first-order valence-electron chi connectivity index (χ1n) is 10.3. The third-order valence-corrected chi connectivity index (χ3v) is 5.96. The zero-order valence-electron chi connectivity index (χ0n) is 17.6. The van der Waals surface area contributed by atoms with Gasteiger partial charge in [0, 0.05) is 22.2 Å². The van der Waals surface area contributed by atoms with Crippen LogP contribution in [0.25, 0.3) is 21.8 Å². The number of carbonyl (C=O) groups is 3. The summed E-state index contributed by atoms with van der Waals surface area (Å²) in [6.07, 6.45) is 0.662. The van der Waals surface area contributed by atoms with Crippen molar-refractivity contribution < 1.29 is 19.1 Å². The Hall–Kier alpha value is -3.98. The average Bonchev–Trinajstić information content (AvgIpc) is 3.34. The van der Waals surface area contributed by atoms with Gasteiger partial charge in [0.25, 0.3) is 5.91 Å². The molecule has 0 saturated carbocycles. The predicted molar refractivity (Wildman–Crippen MR) is 126 cm³/mol. The molecule has 3 amide bonds. The van der Waals surface area contributed by atoms with Gasteiger partial charge in [0.2, 0.25) is 0 Å². The molecule has 0 fully saturated rings. The van der Waals surface area contributed by atoms with Gasteiger partial charge in [-0.2, -0.15) is 0 Å². The molecule has 9 heteroatoms. The molecule has 8 nitrogen and oxygen atoms in total. The van der Waals surface area contributed by atoms with Gasteiger partial charge in [-0.1, -0.05) is 30.3 Å². The standard InChI is InChI=1S/C24H21N3O5S/c28-21(26-24(31)25-12-11-16-6-5-13-33-16)15-32-22(29)14-27-19-9-3-1-7-17(19)23(30)18-8-2-4-10-20(18)27/h1-10,13H,11-12,14-15H2,(H2,25,26,28,31). The van der Waals surface area contributed by atoms with E-state index >= 15 is 0 Å². The average molecular weight is 464 g/mol. The molecule has 33 heavy (non-hydrogen) atoms. The van der Waals surface area contributed by atoms with E-state index in [2.05, 4.69) is 10.6 Å². The minimum absolute atomic E-state index is 0.115. The number of carbonyl (C=O) groups excluding carboxylic acids is 3. The van der Waals surface area contributed by atoms with Crippen molar-refractivity contribution in [2.75, 3.05) is 13.2 Å². The predicted octanol–water partition coefficient (Wildman–Crippen LogP) is 2.83. The number of fused-ring (bicyclic) bond motifs is 2. The van der Waals surface area contributed by atoms with E-state index in [-0.39, 0.29) is 12.0 Å². The lowest BCUT2D eigenvalue weighted by molar-refractivity contribution is -0.148. The molecule has 0 saturated heterocycles. The van der Waals surface area contributed by atoms with Gasteiger partial charge in [-0.15, -0.1) is 11.3 Å². The summed E-state index contributed by atoms with van der Waals surface area (Å²) in [4.78, 5) is 50.2. The molecule has 0 bridgehead atoms. The highest BCUT2D eigenvalue weighted by atomic mass is 32.1. The maximum Gasteiger partial charge on any atom is 0.326 e. The number of nitrogens with zero attached hydrogens (tertiary/aromatic N) is 1. The number of aromatic nitrogens is 1. The maximum absolute atomic E-state index is 12.8. The van der Waals surface area contributed by atoms with Gasteiger partial charge in [0.15, 0.2) is 12.0 Å². The van der Waals surface area contributed by atoms with Crippen LogP contribution in [0.2, 0.25) is 0 Å². The van der Waals surface area contributed by atoms with Crippen LogP contribution in [0, 0.1) is 0 Å². The summed E-state index contributed by atoms with van der Waals surface area (Å²) in [5, 5.41) is 7.65. The van der Waals surface area contributed by atoms with Gasteiger partial charge in [-0.25, -0.2) is 4.79 Å². The molecule has 0 spiro atoms. The molecule has 2 aromatic heterocycles. The van der Waals surface area contributed by atoms with E-state index in [4.69, 9.17) is 4.74 Å². The first-order valence-corrected chi connectivity index (χ1v) is 11.2. The van der Waals surface area contributed by atoms with Crippen LogP contribution in [0.15, 0.2) is 70.8 Å². The lowest BCUT2D eigenvalue weighted by Crippen LogP contribution is -2.42. The number of nitrogens with one attached hydrogen (secondary N) is 2. The molecular weight excluding hydrogens is 442 g/mol. The molecule has 4 rings (SSSR count). The third kappa shape index (κ3) is 5.27. The van der Waals surface area contributed by atoms with Crippen LogP contribution in [0.1, 0.15) is 4.88 Å². The molecule has 0 aliphatic carbocycles. The van der Waals surface area contributed by atoms with E-state index in [1.165, 1.54) is 0 Å². The van der Waals surface area contributed by atoms with E-state index in [1.54, 1.807) is 64.4 Å². The summed E-state index contributed by atoms with van der Waals surface area (Å²) >= 11 is 1.59. The van der Waals surface area contributed by atoms with Crippen molar-refractivity contribution in [3.05, 3.63) is 81.1 Å². The van der Waals surface area contributed by atoms with E-state index in [0.29, 0.717) is 34.8 Å². The highest BCUT2D eigenvalue weighted by molar-refractivity contribution is 7.09. The number of thiophene rings is 1. The van der Waals surface area contributed by atoms with Gasteiger partial charge < -0.3 is 14.6 Å². The van der Waals surface area contributed by atoms with Crippen molar-refractivity contribution >= 4 is 51.1 Å². The van der Waals surface area contributed by atoms with Crippen LogP contribution in [0.5, 0.6) is 0 Å². The van der Waals surface area contributed by atoms with E-state index in [0.717, 1.165) is 4.88 Å². The van der Waals surface area contributed by atoms with Crippen molar-refractivity contribution in [1.82, 2.24) is 15.2 Å². The summed E-state index contributed by atoms with van der Waals surface area (Å²) < 4.78 is 6.76. The molecule has 2 aromatic carbocycles. The number of ether oxygens (including phenoxy) is 1. The van der Waals surface area contributed by atoms with Gasteiger partial charge in [0.1, 0.15) is 6.54 Å². The summed E-state index contributed by atoms with van der Waals surface area (Å²) in [7, 11) is 0. The van der Waals surface area contributed by atoms with Gasteiger partial charge in [0.05, 0.1) is 11.0 Å². The Bertz CT molecular complexity index is 1320. The number of pyridine rings is 1. The van der Waals surface area contributed by atoms with Gasteiger partial charge in [-0.05, 0) is 42.1 Å². The molecular formula is C24H21N3O5S. The third-order valence-electron chi connectivity index (χ3n) is 5.02. The highest BCUT2D eigenvalue weighted by Gasteiger charge is 2.15. The van der Waals surface area contributed by atoms with E-state index in [1.807, 2.05) is 17.5 Å². The fourth-order valence-electron chi connectivity index (χ4n) is 3.53. The lowest BCUT2D eigenvalue weighted by atomic mass is 10.1. The van der Waals surface area contributed by atoms with Gasteiger partial charge in [-0.3, -0.25) is 19.7 Å². The fraction of sp³-hybridized carbons (Fsp3) is 0.167. The number of esters is 1. The second kappa shape index (κ2) is 10.1. The van der Waals surface area contributed by atoms with Crippen molar-refractivity contribution in [3.63, 3.8) is 0 Å². The number of amides is 3. The van der Waals surface area contributed by atoms with Crippen molar-refractivity contribution in [3.8, 4) is 0 Å². The number of para-hydroxylation sites is 2. The van der Waals surface area contributed by atoms with Crippen molar-refractivity contribution in [2.24, 2.45) is 0 Å². The maximum atomic E-state index is 12.8. The molecule has 2 N–H and O–H groups in total. The van der Waals surface area contributed by atoms with Crippen LogP contribution in [-0.2, 0) is 27.3 Å². The Balaban J connectivity index is 1.36. The zero-order chi connectivity index (χ0) is 23.2. The largest absolute Gasteiger partial charge is 0.454 e. The first-order chi connectivity index (χ1) is 16.0. The minimum atomic E-state index is -0.730. The number of imide groups is 1.